The maximum absolute atomic E-state index is 5.10. The maximum atomic E-state index is 5.10. The van der Waals surface area contributed by atoms with E-state index in [2.05, 4.69) is 72.5 Å². The van der Waals surface area contributed by atoms with Crippen LogP contribution in [0.15, 0.2) is 75.3 Å². The van der Waals surface area contributed by atoms with Crippen LogP contribution >= 0.6 is 0 Å². The van der Waals surface area contributed by atoms with Crippen molar-refractivity contribution in [3.63, 3.8) is 0 Å². The molecule has 0 saturated carbocycles. The average Bonchev–Trinajstić information content (AvgIpc) is 2.96. The zero-order valence-corrected chi connectivity index (χ0v) is 33.2. The molecule has 0 saturated heterocycles. The first-order valence-electron chi connectivity index (χ1n) is 11.3. The van der Waals surface area contributed by atoms with Crippen LogP contribution in [0, 0.1) is 0 Å². The Kier molecular flexibility index (Phi) is 23.4. The molecule has 20 heteroatoms. The summed E-state index contributed by atoms with van der Waals surface area (Å²) in [6.07, 6.45) is 3.17. The Bertz CT molecular complexity index is 1200. The molecule has 0 aliphatic rings. The molecule has 1 aromatic rings. The molecule has 0 unspecified atom stereocenters. The predicted octanol–water partition coefficient (Wildman–Crippen LogP) is 1.08. The Hall–Kier alpha value is -2.75. The molecule has 0 radical (unpaired) electrons. The molecule has 0 spiro atoms. The van der Waals surface area contributed by atoms with E-state index in [1.54, 1.807) is 54.2 Å². The van der Waals surface area contributed by atoms with Crippen molar-refractivity contribution in [2.75, 3.05) is 14.1 Å². The summed E-state index contributed by atoms with van der Waals surface area (Å²) in [6, 6.07) is 7.38. The van der Waals surface area contributed by atoms with Gasteiger partial charge in [-0.1, -0.05) is 24.3 Å². The fraction of sp³-hybridized carbons (Fsp3) is 0.273. The zero-order valence-electron chi connectivity index (χ0n) is 24.0. The summed E-state index contributed by atoms with van der Waals surface area (Å²) in [5.41, 5.74) is 9.05. The smallest absolute Gasteiger partial charge is 0.741 e. The third kappa shape index (κ3) is 18.6. The first kappa shape index (κ1) is 41.4. The second-order valence-corrected chi connectivity index (χ2v) is 8.82. The molecule has 4 N–H and O–H groups in total. The normalized spacial score (nSPS) is 14.4. The molecule has 1 aromatic carbocycles. The van der Waals surface area contributed by atoms with E-state index < -0.39 is 0 Å². The van der Waals surface area contributed by atoms with E-state index in [1.165, 1.54) is 0 Å². The Morgan fingerprint density at radius 2 is 0.762 bits per heavy atom. The van der Waals surface area contributed by atoms with Crippen LogP contribution in [-0.2, 0) is 89.5 Å². The van der Waals surface area contributed by atoms with Gasteiger partial charge in [0.15, 0.2) is 0 Å². The number of amidine groups is 4. The molecule has 14 nitrogen and oxygen atoms in total. The van der Waals surface area contributed by atoms with Crippen molar-refractivity contribution in [2.24, 2.45) is 51.0 Å². The minimum absolute atomic E-state index is 0. The van der Waals surface area contributed by atoms with Gasteiger partial charge in [-0.25, -0.2) is 0 Å². The summed E-state index contributed by atoms with van der Waals surface area (Å²) in [4.78, 5) is 0. The van der Waals surface area contributed by atoms with Gasteiger partial charge in [-0.2, -0.15) is 51.0 Å². The van der Waals surface area contributed by atoms with Crippen molar-refractivity contribution < 1.29 is 39.0 Å². The van der Waals surface area contributed by atoms with Gasteiger partial charge < -0.3 is 61.1 Å². The second kappa shape index (κ2) is 23.8. The first-order chi connectivity index (χ1) is 19.0. The van der Waals surface area contributed by atoms with Crippen LogP contribution in [0.5, 0.6) is 0 Å². The van der Waals surface area contributed by atoms with E-state index in [1.807, 2.05) is 24.3 Å². The maximum Gasteiger partial charge on any atom is 2.00 e. The molecule has 0 atom stereocenters. The summed E-state index contributed by atoms with van der Waals surface area (Å²) in [6.45, 7) is 6.91. The number of nitrogens with zero attached hydrogens (tertiary/aromatic N) is 10. The number of hydrogen-bond donors (Lipinski definition) is 4. The quantitative estimate of drug-likeness (QED) is 0.0906. The van der Waals surface area contributed by atoms with E-state index in [-0.39, 0.29) is 59.6 Å². The first-order valence-corrected chi connectivity index (χ1v) is 12.9. The summed E-state index contributed by atoms with van der Waals surface area (Å²) in [5.74, 6) is 0. The largest absolute Gasteiger partial charge is 2.00 e. The summed E-state index contributed by atoms with van der Waals surface area (Å²) < 4.78 is 0. The van der Waals surface area contributed by atoms with E-state index in [0.29, 0.717) is 22.8 Å². The minimum Gasteiger partial charge on any atom is -0.741 e. The van der Waals surface area contributed by atoms with Crippen LogP contribution < -0.4 is 21.5 Å². The van der Waals surface area contributed by atoms with Gasteiger partial charge in [0.1, 0.15) is 0 Å². The average molecular weight is 748 g/mol. The van der Waals surface area contributed by atoms with E-state index in [4.69, 9.17) is 50.5 Å². The molecular weight excluding hydrogens is 719 g/mol. The molecule has 0 aliphatic heterocycles. The van der Waals surface area contributed by atoms with Crippen molar-refractivity contribution in [1.29, 1.82) is 0 Å². The van der Waals surface area contributed by atoms with Crippen molar-refractivity contribution in [2.45, 2.75) is 27.7 Å². The van der Waals surface area contributed by atoms with Gasteiger partial charge in [-0.15, -0.1) is 0 Å². The number of nitrogens with one attached hydrogen (secondary N) is 4. The van der Waals surface area contributed by atoms with Crippen LogP contribution in [0.3, 0.4) is 0 Å². The van der Waals surface area contributed by atoms with Gasteiger partial charge in [-0.05, 0) is 49.2 Å². The topological polar surface area (TPSA) is 172 Å². The van der Waals surface area contributed by atoms with Crippen molar-refractivity contribution in [1.82, 2.24) is 21.5 Å². The molecule has 0 aromatic heterocycles. The number of rotatable bonds is 10. The van der Waals surface area contributed by atoms with Crippen LogP contribution in [0.2, 0.25) is 0 Å². The summed E-state index contributed by atoms with van der Waals surface area (Å²) in [7, 11) is 3.32. The van der Waals surface area contributed by atoms with Gasteiger partial charge in [0.05, 0.1) is 35.3 Å². The monoisotopic (exact) mass is 744 g/mol. The molecule has 0 bridgehead atoms. The number of benzene rings is 1. The summed E-state index contributed by atoms with van der Waals surface area (Å²) in [5, 5.41) is 45.5. The van der Waals surface area contributed by atoms with Gasteiger partial charge in [0.25, 0.3) is 0 Å². The van der Waals surface area contributed by atoms with E-state index >= 15 is 0 Å². The van der Waals surface area contributed by atoms with Crippen LogP contribution in [0.4, 0.5) is 0 Å². The van der Waals surface area contributed by atoms with Crippen molar-refractivity contribution in [3.05, 3.63) is 35.4 Å². The molecule has 0 heterocycles. The standard InChI is InChI=1S/C22H32N14S4.2Zn/c1-13(27-33-19(37)23-5)15(3)29-35-21(39)31-25-11-17-7-9-18(10-8-17)12-26-32-22(40)36-30-16(4)14(2)28-34-20(38)24-6;;/h7-12H,1-6H3,(H2,23,33,37)(H2,24,34,38)(H2,31,35,39)(H2,32,36,40);;/q;2*+2/p-4/b25-11+,26-12+,27-13+,28-14+,29-15+,30-16+;;. The Balaban J connectivity index is 0. The minimum atomic E-state index is 0. The van der Waals surface area contributed by atoms with E-state index in [9.17, 15) is 0 Å². The fourth-order valence-electron chi connectivity index (χ4n) is 1.91. The molecule has 214 valence electrons. The van der Waals surface area contributed by atoms with Gasteiger partial charge in [0.2, 0.25) is 0 Å². The van der Waals surface area contributed by atoms with E-state index in [0.717, 1.165) is 11.1 Å². The molecular formula is C22H28N14S4Zn2. The molecule has 0 amide bonds. The zero-order chi connectivity index (χ0) is 29.9. The predicted molar refractivity (Wildman–Crippen MR) is 178 cm³/mol. The fourth-order valence-corrected chi connectivity index (χ4v) is 2.18. The Morgan fingerprint density at radius 1 is 0.500 bits per heavy atom. The Labute approximate surface area is 293 Å². The van der Waals surface area contributed by atoms with Gasteiger partial charge >= 0.3 is 39.0 Å². The van der Waals surface area contributed by atoms with Crippen LogP contribution in [0.1, 0.15) is 38.8 Å². The second-order valence-electron chi connectivity index (χ2n) is 7.27. The Morgan fingerprint density at radius 3 is 1.02 bits per heavy atom. The van der Waals surface area contributed by atoms with Gasteiger partial charge in [-0.3, -0.25) is 10.9 Å². The number of hydrogen-bond acceptors (Lipinski definition) is 14. The third-order valence-corrected chi connectivity index (χ3v) is 5.24. The van der Waals surface area contributed by atoms with Crippen LogP contribution in [-0.4, -0.2) is 70.0 Å². The molecule has 1 rings (SSSR count). The molecule has 0 aliphatic carbocycles. The SMILES string of the molecule is CN/C([S-])=N/N=C(C)/C(C)=N/N=C(\[S-])N/N=C/c1ccc(/C=N/N/C([S-])=N/N=C(C)/C(C)=N/N=C(\[S-])NC)cc1.[Zn+2].[Zn+2]. The summed E-state index contributed by atoms with van der Waals surface area (Å²) >= 11 is 20.0. The van der Waals surface area contributed by atoms with Crippen molar-refractivity contribution in [3.8, 4) is 0 Å². The number of hydrazone groups is 2. The van der Waals surface area contributed by atoms with Crippen LogP contribution in [0.25, 0.3) is 0 Å². The van der Waals surface area contributed by atoms with Crippen molar-refractivity contribution >= 4 is 106 Å². The molecule has 42 heavy (non-hydrogen) atoms. The van der Waals surface area contributed by atoms with Gasteiger partial charge in [0, 0.05) is 24.4 Å². The third-order valence-electron chi connectivity index (χ3n) is 4.32. The molecule has 0 fully saturated rings.